The smallest absolute Gasteiger partial charge is 0.304 e. The summed E-state index contributed by atoms with van der Waals surface area (Å²) in [5, 5.41) is 10.7. The van der Waals surface area contributed by atoms with Crippen molar-refractivity contribution in [2.45, 2.75) is 6.42 Å². The first-order valence-corrected chi connectivity index (χ1v) is 6.09. The van der Waals surface area contributed by atoms with Crippen LogP contribution in [0.2, 0.25) is 0 Å². The number of carboxylic acids is 1. The summed E-state index contributed by atoms with van der Waals surface area (Å²) in [6, 6.07) is 1.18. The molecular weight excluding hydrogens is 287 g/mol. The lowest BCUT2D eigenvalue weighted by atomic mass is 10.3. The fourth-order valence-corrected chi connectivity index (χ4v) is 2.03. The fraction of sp³-hybridized carbons (Fsp3) is 0.200. The minimum absolute atomic E-state index is 0.0418. The number of carboxylic acid groups (broad SMARTS) is 1. The molecule has 0 spiro atoms. The lowest BCUT2D eigenvalue weighted by molar-refractivity contribution is -0.136. The number of hydrogen-bond donors (Lipinski definition) is 2. The first kappa shape index (κ1) is 14.8. The highest BCUT2D eigenvalue weighted by Gasteiger charge is 2.12. The van der Waals surface area contributed by atoms with Gasteiger partial charge in [-0.1, -0.05) is 24.0 Å². The van der Waals surface area contributed by atoms with Crippen molar-refractivity contribution in [1.29, 1.82) is 0 Å². The molecular formula is C10H8F3NO2S2. The minimum atomic E-state index is -1.32. The lowest BCUT2D eigenvalue weighted by Gasteiger charge is -2.08. The molecule has 0 aliphatic rings. The Bertz CT molecular complexity index is 482. The number of aliphatic carboxylic acids is 1. The minimum Gasteiger partial charge on any atom is -0.481 e. The maximum atomic E-state index is 13.2. The zero-order valence-corrected chi connectivity index (χ0v) is 10.5. The second-order valence-corrected chi connectivity index (χ2v) is 4.93. The second-order valence-electron chi connectivity index (χ2n) is 3.15. The van der Waals surface area contributed by atoms with Crippen LogP contribution in [0.25, 0.3) is 0 Å². The van der Waals surface area contributed by atoms with Gasteiger partial charge in [-0.2, -0.15) is 0 Å². The number of hydrogen-bond acceptors (Lipinski definition) is 3. The van der Waals surface area contributed by atoms with Gasteiger partial charge < -0.3 is 10.4 Å². The van der Waals surface area contributed by atoms with E-state index in [-0.39, 0.29) is 16.5 Å². The highest BCUT2D eigenvalue weighted by Crippen LogP contribution is 2.21. The van der Waals surface area contributed by atoms with Crippen molar-refractivity contribution in [2.24, 2.45) is 0 Å². The first-order chi connectivity index (χ1) is 8.40. The van der Waals surface area contributed by atoms with E-state index in [9.17, 15) is 18.0 Å². The molecule has 0 unspecified atom stereocenters. The number of halogens is 3. The predicted molar refractivity (Wildman–Crippen MR) is 67.2 cm³/mol. The van der Waals surface area contributed by atoms with Crippen molar-refractivity contribution in [1.82, 2.24) is 0 Å². The van der Waals surface area contributed by atoms with Gasteiger partial charge in [0.15, 0.2) is 11.6 Å². The van der Waals surface area contributed by atoms with Gasteiger partial charge >= 0.3 is 5.97 Å². The number of thioether (sulfide) groups is 1. The summed E-state index contributed by atoms with van der Waals surface area (Å²) in [4.78, 5) is 10.2. The van der Waals surface area contributed by atoms with Crippen LogP contribution >= 0.6 is 24.0 Å². The van der Waals surface area contributed by atoms with Crippen LogP contribution in [0.3, 0.4) is 0 Å². The van der Waals surface area contributed by atoms with E-state index >= 15 is 0 Å². The zero-order valence-electron chi connectivity index (χ0n) is 8.87. The Kier molecular flexibility index (Phi) is 5.42. The number of carbonyl (C=O) groups is 1. The van der Waals surface area contributed by atoms with Crippen LogP contribution < -0.4 is 5.32 Å². The SMILES string of the molecule is O=C(O)CCSC(=S)Nc1cc(F)cc(F)c1F. The molecule has 2 N–H and O–H groups in total. The van der Waals surface area contributed by atoms with Crippen LogP contribution in [0.5, 0.6) is 0 Å². The third-order valence-corrected chi connectivity index (χ3v) is 3.01. The Morgan fingerprint density at radius 2 is 2.06 bits per heavy atom. The summed E-state index contributed by atoms with van der Waals surface area (Å²) in [5.41, 5.74) is -0.416. The average molecular weight is 295 g/mol. The molecule has 18 heavy (non-hydrogen) atoms. The fourth-order valence-electron chi connectivity index (χ4n) is 1.02. The number of thiocarbonyl (C=S) groups is 1. The first-order valence-electron chi connectivity index (χ1n) is 4.70. The summed E-state index contributed by atoms with van der Waals surface area (Å²) < 4.78 is 39.0. The summed E-state index contributed by atoms with van der Waals surface area (Å²) >= 11 is 5.73. The topological polar surface area (TPSA) is 49.3 Å². The molecule has 0 heterocycles. The quantitative estimate of drug-likeness (QED) is 0.660. The number of benzene rings is 1. The predicted octanol–water partition coefficient (Wildman–Crippen LogP) is 3.01. The molecule has 0 bridgehead atoms. The molecule has 3 nitrogen and oxygen atoms in total. The van der Waals surface area contributed by atoms with Gasteiger partial charge in [-0.3, -0.25) is 4.79 Å². The van der Waals surface area contributed by atoms with Crippen molar-refractivity contribution >= 4 is 40.0 Å². The average Bonchev–Trinajstić information content (AvgIpc) is 2.24. The number of rotatable bonds is 4. The van der Waals surface area contributed by atoms with Gasteiger partial charge in [0.25, 0.3) is 0 Å². The van der Waals surface area contributed by atoms with Crippen LogP contribution in [0, 0.1) is 17.5 Å². The normalized spacial score (nSPS) is 10.2. The van der Waals surface area contributed by atoms with E-state index in [0.717, 1.165) is 17.8 Å². The highest BCUT2D eigenvalue weighted by atomic mass is 32.2. The molecule has 1 aromatic rings. The van der Waals surface area contributed by atoms with E-state index in [0.29, 0.717) is 6.07 Å². The van der Waals surface area contributed by atoms with Gasteiger partial charge in [0.2, 0.25) is 0 Å². The Morgan fingerprint density at radius 3 is 2.67 bits per heavy atom. The van der Waals surface area contributed by atoms with Gasteiger partial charge in [0.1, 0.15) is 10.1 Å². The second kappa shape index (κ2) is 6.60. The standard InChI is InChI=1S/C10H8F3NO2S2/c11-5-3-6(12)9(13)7(4-5)14-10(17)18-2-1-8(15)16/h3-4H,1-2H2,(H,14,17)(H,15,16). The van der Waals surface area contributed by atoms with E-state index in [1.165, 1.54) is 0 Å². The van der Waals surface area contributed by atoms with E-state index in [4.69, 9.17) is 17.3 Å². The van der Waals surface area contributed by atoms with E-state index in [2.05, 4.69) is 5.32 Å². The van der Waals surface area contributed by atoms with Crippen molar-refractivity contribution in [3.8, 4) is 0 Å². The molecule has 1 aromatic carbocycles. The Balaban J connectivity index is 2.62. The van der Waals surface area contributed by atoms with E-state index in [1.54, 1.807) is 0 Å². The van der Waals surface area contributed by atoms with Crippen LogP contribution in [-0.4, -0.2) is 21.1 Å². The number of anilines is 1. The van der Waals surface area contributed by atoms with Gasteiger partial charge in [0.05, 0.1) is 12.1 Å². The molecule has 0 radical (unpaired) electrons. The van der Waals surface area contributed by atoms with Gasteiger partial charge in [0, 0.05) is 17.9 Å². The van der Waals surface area contributed by atoms with Crippen LogP contribution in [0.1, 0.15) is 6.42 Å². The van der Waals surface area contributed by atoms with E-state index < -0.39 is 29.1 Å². The van der Waals surface area contributed by atoms with Crippen LogP contribution in [-0.2, 0) is 4.79 Å². The lowest BCUT2D eigenvalue weighted by Crippen LogP contribution is -2.09. The Hall–Kier alpha value is -1.28. The molecule has 8 heteroatoms. The molecule has 98 valence electrons. The molecule has 0 amide bonds. The largest absolute Gasteiger partial charge is 0.481 e. The molecule has 0 saturated heterocycles. The van der Waals surface area contributed by atoms with Crippen molar-refractivity contribution in [3.63, 3.8) is 0 Å². The van der Waals surface area contributed by atoms with Crippen LogP contribution in [0.4, 0.5) is 18.9 Å². The van der Waals surface area contributed by atoms with E-state index in [1.807, 2.05) is 0 Å². The van der Waals surface area contributed by atoms with Gasteiger partial charge in [-0.05, 0) is 0 Å². The summed E-state index contributed by atoms with van der Waals surface area (Å²) in [7, 11) is 0. The van der Waals surface area contributed by atoms with Gasteiger partial charge in [-0.25, -0.2) is 13.2 Å². The summed E-state index contributed by atoms with van der Waals surface area (Å²) in [5.74, 6) is -4.31. The van der Waals surface area contributed by atoms with Crippen molar-refractivity contribution < 1.29 is 23.1 Å². The maximum absolute atomic E-state index is 13.2. The molecule has 0 saturated carbocycles. The zero-order chi connectivity index (χ0) is 13.7. The molecule has 1 rings (SSSR count). The molecule has 0 atom stereocenters. The monoisotopic (exact) mass is 295 g/mol. The maximum Gasteiger partial charge on any atom is 0.304 e. The molecule has 0 aliphatic carbocycles. The third kappa shape index (κ3) is 4.53. The Labute approximate surface area is 110 Å². The highest BCUT2D eigenvalue weighted by molar-refractivity contribution is 8.23. The summed E-state index contributed by atoms with van der Waals surface area (Å²) in [6.07, 6.45) is -0.119. The van der Waals surface area contributed by atoms with Gasteiger partial charge in [-0.15, -0.1) is 0 Å². The van der Waals surface area contributed by atoms with Crippen LogP contribution in [0.15, 0.2) is 12.1 Å². The molecule has 0 aromatic heterocycles. The number of nitrogens with one attached hydrogen (secondary N) is 1. The summed E-state index contributed by atoms with van der Waals surface area (Å²) in [6.45, 7) is 0. The van der Waals surface area contributed by atoms with Crippen molar-refractivity contribution in [2.75, 3.05) is 11.1 Å². The molecule has 0 fully saturated rings. The third-order valence-electron chi connectivity index (χ3n) is 1.78. The molecule has 0 aliphatic heterocycles. The Morgan fingerprint density at radius 1 is 1.39 bits per heavy atom. The van der Waals surface area contributed by atoms with Crippen molar-refractivity contribution in [3.05, 3.63) is 29.6 Å².